The van der Waals surface area contributed by atoms with Crippen molar-refractivity contribution < 1.29 is 19.1 Å². The number of ether oxygens (including phenoxy) is 2. The van der Waals surface area contributed by atoms with Crippen LogP contribution in [0.2, 0.25) is 0 Å². The first-order valence-corrected chi connectivity index (χ1v) is 9.64. The zero-order chi connectivity index (χ0) is 19.6. The Morgan fingerprint density at radius 1 is 1.22 bits per heavy atom. The third kappa shape index (κ3) is 6.59. The molecule has 0 aliphatic heterocycles. The Kier molecular flexibility index (Phi) is 8.12. The molecule has 1 saturated carbocycles. The maximum atomic E-state index is 12.5. The smallest absolute Gasteiger partial charge is 0.307 e. The number of nitrogens with one attached hydrogen (secondary N) is 1. The lowest BCUT2D eigenvalue weighted by molar-refractivity contribution is -0.150. The van der Waals surface area contributed by atoms with Crippen molar-refractivity contribution in [2.45, 2.75) is 64.6 Å². The average molecular weight is 372 g/mol. The van der Waals surface area contributed by atoms with Gasteiger partial charge >= 0.3 is 5.97 Å². The third-order valence-electron chi connectivity index (χ3n) is 4.60. The van der Waals surface area contributed by atoms with E-state index in [2.05, 4.69) is 11.4 Å². The summed E-state index contributed by atoms with van der Waals surface area (Å²) in [4.78, 5) is 24.4. The molecule has 1 unspecified atom stereocenters. The molecule has 1 N–H and O–H groups in total. The molecular formula is C21H28N2O4. The van der Waals surface area contributed by atoms with Crippen molar-refractivity contribution in [2.24, 2.45) is 5.92 Å². The zero-order valence-electron chi connectivity index (χ0n) is 16.1. The molecule has 1 aliphatic carbocycles. The molecule has 1 atom stereocenters. The van der Waals surface area contributed by atoms with Crippen LogP contribution in [0.1, 0.15) is 57.9 Å². The number of hydrogen-bond donors (Lipinski definition) is 1. The fraction of sp³-hybridized carbons (Fsp3) is 0.571. The van der Waals surface area contributed by atoms with Gasteiger partial charge < -0.3 is 14.8 Å². The summed E-state index contributed by atoms with van der Waals surface area (Å²) >= 11 is 0. The van der Waals surface area contributed by atoms with Crippen LogP contribution in [0, 0.1) is 17.2 Å². The minimum Gasteiger partial charge on any atom is -0.479 e. The number of para-hydroxylation sites is 1. The summed E-state index contributed by atoms with van der Waals surface area (Å²) in [5.74, 6) is -0.293. The number of hydrogen-bond acceptors (Lipinski definition) is 5. The Hall–Kier alpha value is -2.55. The Balaban J connectivity index is 1.82. The van der Waals surface area contributed by atoms with Gasteiger partial charge in [0.15, 0.2) is 6.10 Å². The van der Waals surface area contributed by atoms with Gasteiger partial charge in [-0.15, -0.1) is 0 Å². The molecular weight excluding hydrogens is 344 g/mol. The molecule has 0 bridgehead atoms. The van der Waals surface area contributed by atoms with Crippen molar-refractivity contribution in [1.82, 2.24) is 5.32 Å². The summed E-state index contributed by atoms with van der Waals surface area (Å²) in [6.45, 7) is 3.95. The third-order valence-corrected chi connectivity index (χ3v) is 4.60. The van der Waals surface area contributed by atoms with Crippen molar-refractivity contribution in [3.8, 4) is 11.8 Å². The molecule has 1 aromatic rings. The number of carbonyl (C=O) groups is 2. The number of rotatable bonds is 8. The summed E-state index contributed by atoms with van der Waals surface area (Å²) in [6.07, 6.45) is 4.69. The van der Waals surface area contributed by atoms with Crippen LogP contribution in [0.4, 0.5) is 0 Å². The first-order valence-electron chi connectivity index (χ1n) is 9.64. The minimum atomic E-state index is -0.742. The van der Waals surface area contributed by atoms with Crippen molar-refractivity contribution in [1.29, 1.82) is 5.26 Å². The highest BCUT2D eigenvalue weighted by molar-refractivity contribution is 5.82. The van der Waals surface area contributed by atoms with Crippen LogP contribution < -0.4 is 10.1 Å². The lowest BCUT2D eigenvalue weighted by atomic mass is 9.98. The van der Waals surface area contributed by atoms with E-state index in [-0.39, 0.29) is 36.9 Å². The summed E-state index contributed by atoms with van der Waals surface area (Å²) in [6, 6.07) is 8.87. The van der Waals surface area contributed by atoms with Crippen LogP contribution in [0.3, 0.4) is 0 Å². The molecule has 0 aromatic heterocycles. The van der Waals surface area contributed by atoms with Gasteiger partial charge in [-0.05, 0) is 43.7 Å². The number of nitrogens with zero attached hydrogens (tertiary/aromatic N) is 1. The summed E-state index contributed by atoms with van der Waals surface area (Å²) in [7, 11) is 0. The van der Waals surface area contributed by atoms with Crippen LogP contribution in [0.5, 0.6) is 5.75 Å². The van der Waals surface area contributed by atoms with Crippen LogP contribution in [0.15, 0.2) is 24.3 Å². The van der Waals surface area contributed by atoms with Crippen LogP contribution in [0.25, 0.3) is 0 Å². The second kappa shape index (κ2) is 10.6. The standard InChI is InChI=1S/C21H28N2O4/c1-15(2)20(27-18-11-7-6-8-16(18)14-22)21(25)23-13-12-19(24)26-17-9-4-3-5-10-17/h6-8,11,15,17,20H,3-5,9-10,12-13H2,1-2H3,(H,23,25). The highest BCUT2D eigenvalue weighted by atomic mass is 16.5. The van der Waals surface area contributed by atoms with Crippen LogP contribution in [-0.2, 0) is 14.3 Å². The van der Waals surface area contributed by atoms with Gasteiger partial charge in [0.05, 0.1) is 12.0 Å². The van der Waals surface area contributed by atoms with Crippen LogP contribution in [-0.4, -0.2) is 30.6 Å². The zero-order valence-corrected chi connectivity index (χ0v) is 16.1. The van der Waals surface area contributed by atoms with E-state index in [1.165, 1.54) is 6.42 Å². The van der Waals surface area contributed by atoms with E-state index in [4.69, 9.17) is 14.7 Å². The lowest BCUT2D eigenvalue weighted by Gasteiger charge is -2.23. The van der Waals surface area contributed by atoms with Gasteiger partial charge in [0, 0.05) is 6.54 Å². The fourth-order valence-electron chi connectivity index (χ4n) is 3.11. The lowest BCUT2D eigenvalue weighted by Crippen LogP contribution is -2.42. The molecule has 1 fully saturated rings. The van der Waals surface area contributed by atoms with E-state index in [0.29, 0.717) is 11.3 Å². The molecule has 0 radical (unpaired) electrons. The predicted octanol–water partition coefficient (Wildman–Crippen LogP) is 3.34. The molecule has 1 amide bonds. The number of carbonyl (C=O) groups excluding carboxylic acids is 2. The number of benzene rings is 1. The van der Waals surface area contributed by atoms with E-state index in [9.17, 15) is 9.59 Å². The second-order valence-corrected chi connectivity index (χ2v) is 7.18. The van der Waals surface area contributed by atoms with Crippen molar-refractivity contribution in [3.05, 3.63) is 29.8 Å². The van der Waals surface area contributed by atoms with E-state index in [1.807, 2.05) is 13.8 Å². The largest absolute Gasteiger partial charge is 0.479 e. The molecule has 27 heavy (non-hydrogen) atoms. The molecule has 146 valence electrons. The molecule has 6 heteroatoms. The van der Waals surface area contributed by atoms with Gasteiger partial charge in [-0.3, -0.25) is 9.59 Å². The van der Waals surface area contributed by atoms with E-state index < -0.39 is 6.10 Å². The van der Waals surface area contributed by atoms with Crippen molar-refractivity contribution in [3.63, 3.8) is 0 Å². The highest BCUT2D eigenvalue weighted by Crippen LogP contribution is 2.21. The fourth-order valence-corrected chi connectivity index (χ4v) is 3.11. The van der Waals surface area contributed by atoms with E-state index >= 15 is 0 Å². The van der Waals surface area contributed by atoms with Gasteiger partial charge in [-0.1, -0.05) is 32.4 Å². The monoisotopic (exact) mass is 372 g/mol. The van der Waals surface area contributed by atoms with E-state index in [1.54, 1.807) is 24.3 Å². The Morgan fingerprint density at radius 3 is 2.59 bits per heavy atom. The van der Waals surface area contributed by atoms with Gasteiger partial charge in [0.1, 0.15) is 17.9 Å². The van der Waals surface area contributed by atoms with Crippen molar-refractivity contribution in [2.75, 3.05) is 6.54 Å². The average Bonchev–Trinajstić information content (AvgIpc) is 2.66. The molecule has 1 aliphatic rings. The second-order valence-electron chi connectivity index (χ2n) is 7.18. The highest BCUT2D eigenvalue weighted by Gasteiger charge is 2.25. The quantitative estimate of drug-likeness (QED) is 0.707. The van der Waals surface area contributed by atoms with Gasteiger partial charge in [0.2, 0.25) is 0 Å². The Labute approximate surface area is 160 Å². The molecule has 2 rings (SSSR count). The molecule has 1 aromatic carbocycles. The maximum absolute atomic E-state index is 12.5. The van der Waals surface area contributed by atoms with Gasteiger partial charge in [0.25, 0.3) is 5.91 Å². The first-order chi connectivity index (χ1) is 13.0. The number of nitriles is 1. The molecule has 6 nitrogen and oxygen atoms in total. The van der Waals surface area contributed by atoms with Gasteiger partial charge in [-0.25, -0.2) is 0 Å². The summed E-state index contributed by atoms with van der Waals surface area (Å²) < 4.78 is 11.2. The molecule has 0 heterocycles. The topological polar surface area (TPSA) is 88.4 Å². The number of esters is 1. The molecule has 0 saturated heterocycles. The van der Waals surface area contributed by atoms with Gasteiger partial charge in [-0.2, -0.15) is 5.26 Å². The summed E-state index contributed by atoms with van der Waals surface area (Å²) in [5, 5.41) is 11.9. The van der Waals surface area contributed by atoms with Crippen LogP contribution >= 0.6 is 0 Å². The first kappa shape index (κ1) is 20.8. The maximum Gasteiger partial charge on any atom is 0.307 e. The van der Waals surface area contributed by atoms with E-state index in [0.717, 1.165) is 25.7 Å². The minimum absolute atomic E-state index is 0.0242. The summed E-state index contributed by atoms with van der Waals surface area (Å²) in [5.41, 5.74) is 0.381. The van der Waals surface area contributed by atoms with Crippen molar-refractivity contribution >= 4 is 11.9 Å². The number of amides is 1. The molecule has 0 spiro atoms. The Bertz CT molecular complexity index is 675. The normalized spacial score (nSPS) is 15.6. The Morgan fingerprint density at radius 2 is 1.93 bits per heavy atom. The predicted molar refractivity (Wildman–Crippen MR) is 101 cm³/mol. The SMILES string of the molecule is CC(C)C(Oc1ccccc1C#N)C(=O)NCCC(=O)OC1CCCCC1.